The second-order valence-electron chi connectivity index (χ2n) is 4.65. The summed E-state index contributed by atoms with van der Waals surface area (Å²) in [6.07, 6.45) is -3.49. The molecule has 3 nitrogen and oxygen atoms in total. The fourth-order valence-electron chi connectivity index (χ4n) is 1.88. The lowest BCUT2D eigenvalue weighted by Crippen LogP contribution is -2.18. The van der Waals surface area contributed by atoms with Gasteiger partial charge in [0.1, 0.15) is 0 Å². The van der Waals surface area contributed by atoms with Crippen LogP contribution in [0.15, 0.2) is 53.6 Å². The molecule has 22 heavy (non-hydrogen) atoms. The molecule has 0 saturated heterocycles. The van der Waals surface area contributed by atoms with Crippen LogP contribution in [0.5, 0.6) is 0 Å². The molecule has 0 aromatic heterocycles. The van der Waals surface area contributed by atoms with Gasteiger partial charge in [0.05, 0.1) is 11.8 Å². The van der Waals surface area contributed by atoms with E-state index in [9.17, 15) is 18.0 Å². The molecule has 2 rings (SSSR count). The van der Waals surface area contributed by atoms with Crippen LogP contribution >= 0.6 is 0 Å². The highest BCUT2D eigenvalue weighted by atomic mass is 19.4. The van der Waals surface area contributed by atoms with Gasteiger partial charge in [-0.1, -0.05) is 35.9 Å². The molecule has 0 aliphatic carbocycles. The van der Waals surface area contributed by atoms with Crippen LogP contribution in [0, 0.1) is 6.92 Å². The maximum Gasteiger partial charge on any atom is 0.417 e. The maximum atomic E-state index is 12.8. The minimum Gasteiger partial charge on any atom is -0.267 e. The van der Waals surface area contributed by atoms with Gasteiger partial charge in [-0.2, -0.15) is 18.3 Å². The SMILES string of the molecule is Cc1cccc(C(=O)N/N=C/c2ccccc2C(F)(F)F)c1. The number of nitrogens with one attached hydrogen (secondary N) is 1. The molecule has 0 aliphatic rings. The predicted octanol–water partition coefficient (Wildman–Crippen LogP) is 3.78. The van der Waals surface area contributed by atoms with Gasteiger partial charge >= 0.3 is 6.18 Å². The zero-order valence-corrected chi connectivity index (χ0v) is 11.7. The first-order valence-corrected chi connectivity index (χ1v) is 6.44. The molecule has 0 unspecified atom stereocenters. The van der Waals surface area contributed by atoms with E-state index in [2.05, 4.69) is 10.5 Å². The van der Waals surface area contributed by atoms with Crippen molar-refractivity contribution in [2.24, 2.45) is 5.10 Å². The van der Waals surface area contributed by atoms with Crippen LogP contribution in [0.2, 0.25) is 0 Å². The van der Waals surface area contributed by atoms with E-state index in [1.165, 1.54) is 18.2 Å². The van der Waals surface area contributed by atoms with Gasteiger partial charge in [0.25, 0.3) is 5.91 Å². The topological polar surface area (TPSA) is 41.5 Å². The summed E-state index contributed by atoms with van der Waals surface area (Å²) in [5.41, 5.74) is 2.59. The van der Waals surface area contributed by atoms with E-state index < -0.39 is 17.6 Å². The highest BCUT2D eigenvalue weighted by molar-refractivity contribution is 5.95. The number of aryl methyl sites for hydroxylation is 1. The average Bonchev–Trinajstić information content (AvgIpc) is 2.46. The third-order valence-corrected chi connectivity index (χ3v) is 2.92. The van der Waals surface area contributed by atoms with Gasteiger partial charge in [-0.25, -0.2) is 5.43 Å². The summed E-state index contributed by atoms with van der Waals surface area (Å²) in [5, 5.41) is 3.60. The van der Waals surface area contributed by atoms with Gasteiger partial charge in [-0.15, -0.1) is 0 Å². The average molecular weight is 306 g/mol. The number of hydrogen-bond acceptors (Lipinski definition) is 2. The van der Waals surface area contributed by atoms with E-state index in [1.807, 2.05) is 13.0 Å². The van der Waals surface area contributed by atoms with Crippen LogP contribution in [0.1, 0.15) is 27.0 Å². The summed E-state index contributed by atoms with van der Waals surface area (Å²) in [4.78, 5) is 11.8. The van der Waals surface area contributed by atoms with Gasteiger partial charge in [0.15, 0.2) is 0 Å². The standard InChI is InChI=1S/C16H13F3N2O/c1-11-5-4-7-12(9-11)15(22)21-20-10-13-6-2-3-8-14(13)16(17,18)19/h2-10H,1H3,(H,21,22)/b20-10+. The first-order valence-electron chi connectivity index (χ1n) is 6.44. The highest BCUT2D eigenvalue weighted by Gasteiger charge is 2.32. The van der Waals surface area contributed by atoms with Crippen molar-refractivity contribution in [3.8, 4) is 0 Å². The lowest BCUT2D eigenvalue weighted by molar-refractivity contribution is -0.137. The second kappa shape index (κ2) is 6.43. The van der Waals surface area contributed by atoms with Crippen molar-refractivity contribution in [1.29, 1.82) is 0 Å². The number of nitrogens with zero attached hydrogens (tertiary/aromatic N) is 1. The summed E-state index contributed by atoms with van der Waals surface area (Å²) in [5.74, 6) is -0.482. The number of carbonyl (C=O) groups excluding carboxylic acids is 1. The molecule has 0 bridgehead atoms. The Labute approximate surface area is 125 Å². The van der Waals surface area contributed by atoms with Gasteiger partial charge < -0.3 is 0 Å². The van der Waals surface area contributed by atoms with Crippen LogP contribution < -0.4 is 5.43 Å². The van der Waals surface area contributed by atoms with Crippen molar-refractivity contribution in [3.05, 3.63) is 70.8 Å². The van der Waals surface area contributed by atoms with Crippen LogP contribution in [0.3, 0.4) is 0 Å². The van der Waals surface area contributed by atoms with Crippen LogP contribution in [0.25, 0.3) is 0 Å². The van der Waals surface area contributed by atoms with Gasteiger partial charge in [-0.3, -0.25) is 4.79 Å². The molecule has 0 radical (unpaired) electrons. The summed E-state index contributed by atoms with van der Waals surface area (Å²) in [7, 11) is 0. The quantitative estimate of drug-likeness (QED) is 0.680. The van der Waals surface area contributed by atoms with E-state index in [4.69, 9.17) is 0 Å². The Balaban J connectivity index is 2.12. The Morgan fingerprint density at radius 2 is 1.86 bits per heavy atom. The van der Waals surface area contributed by atoms with Gasteiger partial charge in [0.2, 0.25) is 0 Å². The van der Waals surface area contributed by atoms with Gasteiger partial charge in [0, 0.05) is 11.1 Å². The molecule has 1 N–H and O–H groups in total. The van der Waals surface area contributed by atoms with E-state index in [0.29, 0.717) is 5.56 Å². The molecule has 0 spiro atoms. The highest BCUT2D eigenvalue weighted by Crippen LogP contribution is 2.30. The molecule has 1 amide bonds. The molecule has 6 heteroatoms. The predicted molar refractivity (Wildman–Crippen MR) is 77.7 cm³/mol. The molecular formula is C16H13F3N2O. The monoisotopic (exact) mass is 306 g/mol. The van der Waals surface area contributed by atoms with Crippen LogP contribution in [0.4, 0.5) is 13.2 Å². The van der Waals surface area contributed by atoms with Crippen molar-refractivity contribution in [1.82, 2.24) is 5.43 Å². The molecule has 2 aromatic rings. The van der Waals surface area contributed by atoms with Crippen LogP contribution in [-0.4, -0.2) is 12.1 Å². The van der Waals surface area contributed by atoms with Crippen LogP contribution in [-0.2, 0) is 6.18 Å². The fraction of sp³-hybridized carbons (Fsp3) is 0.125. The second-order valence-corrected chi connectivity index (χ2v) is 4.65. The van der Waals surface area contributed by atoms with Crippen molar-refractivity contribution >= 4 is 12.1 Å². The van der Waals surface area contributed by atoms with E-state index in [0.717, 1.165) is 17.8 Å². The Bertz CT molecular complexity index is 709. The van der Waals surface area contributed by atoms with Crippen molar-refractivity contribution in [2.75, 3.05) is 0 Å². The van der Waals surface area contributed by atoms with Crippen molar-refractivity contribution in [2.45, 2.75) is 13.1 Å². The maximum absolute atomic E-state index is 12.8. The van der Waals surface area contributed by atoms with E-state index in [1.54, 1.807) is 18.2 Å². The Morgan fingerprint density at radius 1 is 1.14 bits per heavy atom. The minimum atomic E-state index is -4.47. The molecule has 0 saturated carbocycles. The number of rotatable bonds is 3. The normalized spacial score (nSPS) is 11.6. The van der Waals surface area contributed by atoms with E-state index in [-0.39, 0.29) is 5.56 Å². The first kappa shape index (κ1) is 15.8. The number of alkyl halides is 3. The third-order valence-electron chi connectivity index (χ3n) is 2.92. The fourth-order valence-corrected chi connectivity index (χ4v) is 1.88. The smallest absolute Gasteiger partial charge is 0.267 e. The van der Waals surface area contributed by atoms with E-state index >= 15 is 0 Å². The first-order chi connectivity index (χ1) is 10.4. The van der Waals surface area contributed by atoms with Gasteiger partial charge in [-0.05, 0) is 25.1 Å². The zero-order chi connectivity index (χ0) is 16.2. The molecule has 114 valence electrons. The molecule has 0 fully saturated rings. The van der Waals surface area contributed by atoms with Crippen molar-refractivity contribution in [3.63, 3.8) is 0 Å². The Hall–Kier alpha value is -2.63. The Kier molecular flexibility index (Phi) is 4.60. The number of benzene rings is 2. The largest absolute Gasteiger partial charge is 0.417 e. The molecule has 0 heterocycles. The number of halogens is 3. The number of carbonyl (C=O) groups is 1. The Morgan fingerprint density at radius 3 is 2.55 bits per heavy atom. The number of hydrazone groups is 1. The lowest BCUT2D eigenvalue weighted by atomic mass is 10.1. The number of hydrogen-bond donors (Lipinski definition) is 1. The summed E-state index contributed by atoms with van der Waals surface area (Å²) in [6, 6.07) is 11.8. The van der Waals surface area contributed by atoms with Crippen molar-refractivity contribution < 1.29 is 18.0 Å². The molecule has 0 atom stereocenters. The number of amides is 1. The molecule has 2 aromatic carbocycles. The molecule has 0 aliphatic heterocycles. The third kappa shape index (κ3) is 3.94. The summed E-state index contributed by atoms with van der Waals surface area (Å²) < 4.78 is 38.4. The summed E-state index contributed by atoms with van der Waals surface area (Å²) >= 11 is 0. The minimum absolute atomic E-state index is 0.112. The molecular weight excluding hydrogens is 293 g/mol. The lowest BCUT2D eigenvalue weighted by Gasteiger charge is -2.09. The zero-order valence-electron chi connectivity index (χ0n) is 11.7. The summed E-state index contributed by atoms with van der Waals surface area (Å²) in [6.45, 7) is 1.83.